The minimum Gasteiger partial charge on any atom is -0.496 e. The summed E-state index contributed by atoms with van der Waals surface area (Å²) in [5, 5.41) is 5.94. The first-order valence-corrected chi connectivity index (χ1v) is 8.44. The molecule has 132 valence electrons. The zero-order chi connectivity index (χ0) is 17.5. The highest BCUT2D eigenvalue weighted by atomic mass is 16.5. The molecule has 0 saturated carbocycles. The van der Waals surface area contributed by atoms with Crippen molar-refractivity contribution in [3.63, 3.8) is 0 Å². The molecule has 1 aliphatic rings. The molecule has 0 radical (unpaired) electrons. The van der Waals surface area contributed by atoms with Crippen LogP contribution < -0.4 is 20.3 Å². The lowest BCUT2D eigenvalue weighted by molar-refractivity contribution is 0.234. The van der Waals surface area contributed by atoms with Gasteiger partial charge < -0.3 is 20.3 Å². The summed E-state index contributed by atoms with van der Waals surface area (Å²) in [6.07, 6.45) is 5.25. The number of urea groups is 1. The number of para-hydroxylation sites is 1. The number of carbonyl (C=O) groups is 1. The van der Waals surface area contributed by atoms with Gasteiger partial charge in [-0.2, -0.15) is 0 Å². The molecule has 2 aromatic rings. The third-order valence-electron chi connectivity index (χ3n) is 4.30. The van der Waals surface area contributed by atoms with E-state index in [0.29, 0.717) is 6.54 Å². The molecule has 1 aliphatic heterocycles. The number of anilines is 1. The Morgan fingerprint density at radius 2 is 1.92 bits per heavy atom. The number of benzene rings is 1. The average molecular weight is 341 g/mol. The first-order valence-electron chi connectivity index (χ1n) is 8.44. The van der Waals surface area contributed by atoms with E-state index in [9.17, 15) is 4.79 Å². The first kappa shape index (κ1) is 17.0. The topological polar surface area (TPSA) is 79.4 Å². The van der Waals surface area contributed by atoms with Crippen molar-refractivity contribution in [2.75, 3.05) is 25.1 Å². The van der Waals surface area contributed by atoms with Crippen molar-refractivity contribution >= 4 is 12.0 Å². The fourth-order valence-electron chi connectivity index (χ4n) is 2.94. The highest BCUT2D eigenvalue weighted by Crippen LogP contribution is 2.17. The molecule has 2 heterocycles. The van der Waals surface area contributed by atoms with Gasteiger partial charge in [-0.1, -0.05) is 18.2 Å². The quantitative estimate of drug-likeness (QED) is 0.869. The van der Waals surface area contributed by atoms with E-state index in [4.69, 9.17) is 4.74 Å². The fraction of sp³-hybridized carbons (Fsp3) is 0.389. The van der Waals surface area contributed by atoms with Crippen LogP contribution in [-0.4, -0.2) is 42.2 Å². The van der Waals surface area contributed by atoms with Gasteiger partial charge in [0.05, 0.1) is 7.11 Å². The van der Waals surface area contributed by atoms with Crippen LogP contribution in [0.4, 0.5) is 10.7 Å². The maximum Gasteiger partial charge on any atom is 0.315 e. The Bertz CT molecular complexity index is 687. The van der Waals surface area contributed by atoms with Gasteiger partial charge in [-0.05, 0) is 25.0 Å². The van der Waals surface area contributed by atoms with Crippen molar-refractivity contribution in [1.82, 2.24) is 20.6 Å². The van der Waals surface area contributed by atoms with Crippen LogP contribution in [0.3, 0.4) is 0 Å². The molecule has 1 aromatic heterocycles. The number of aromatic nitrogens is 2. The van der Waals surface area contributed by atoms with Gasteiger partial charge in [0.25, 0.3) is 0 Å². The Morgan fingerprint density at radius 1 is 1.20 bits per heavy atom. The molecule has 1 saturated heterocycles. The van der Waals surface area contributed by atoms with Gasteiger partial charge in [-0.3, -0.25) is 0 Å². The van der Waals surface area contributed by atoms with E-state index < -0.39 is 0 Å². The van der Waals surface area contributed by atoms with E-state index >= 15 is 0 Å². The van der Waals surface area contributed by atoms with Crippen LogP contribution in [0.25, 0.3) is 0 Å². The number of carbonyl (C=O) groups excluding carboxylic acids is 1. The number of hydrogen-bond donors (Lipinski definition) is 2. The molecule has 25 heavy (non-hydrogen) atoms. The predicted molar refractivity (Wildman–Crippen MR) is 95.6 cm³/mol. The van der Waals surface area contributed by atoms with Crippen LogP contribution in [0.15, 0.2) is 42.7 Å². The van der Waals surface area contributed by atoms with Crippen molar-refractivity contribution < 1.29 is 9.53 Å². The van der Waals surface area contributed by atoms with Gasteiger partial charge in [0.1, 0.15) is 5.75 Å². The molecule has 0 bridgehead atoms. The second-order valence-corrected chi connectivity index (χ2v) is 5.95. The molecule has 0 atom stereocenters. The fourth-order valence-corrected chi connectivity index (χ4v) is 2.94. The second kappa shape index (κ2) is 8.32. The SMILES string of the molecule is COc1ccccc1CNC(=O)NC1CCN(c2ncccn2)CC1. The zero-order valence-corrected chi connectivity index (χ0v) is 14.3. The summed E-state index contributed by atoms with van der Waals surface area (Å²) in [6.45, 7) is 2.11. The summed E-state index contributed by atoms with van der Waals surface area (Å²) in [6, 6.07) is 9.49. The maximum atomic E-state index is 12.1. The molecule has 7 heteroatoms. The minimum absolute atomic E-state index is 0.152. The van der Waals surface area contributed by atoms with Crippen LogP contribution in [-0.2, 0) is 6.54 Å². The predicted octanol–water partition coefficient (Wildman–Crippen LogP) is 1.95. The van der Waals surface area contributed by atoms with Crippen molar-refractivity contribution in [2.24, 2.45) is 0 Å². The molecule has 0 unspecified atom stereocenters. The van der Waals surface area contributed by atoms with Gasteiger partial charge >= 0.3 is 6.03 Å². The Balaban J connectivity index is 1.43. The van der Waals surface area contributed by atoms with Gasteiger partial charge in [0, 0.05) is 43.6 Å². The van der Waals surface area contributed by atoms with Crippen molar-refractivity contribution in [1.29, 1.82) is 0 Å². The van der Waals surface area contributed by atoms with Crippen molar-refractivity contribution in [3.05, 3.63) is 48.3 Å². The maximum absolute atomic E-state index is 12.1. The number of amides is 2. The molecule has 2 N–H and O–H groups in total. The number of rotatable bonds is 5. The number of hydrogen-bond acceptors (Lipinski definition) is 5. The summed E-state index contributed by atoms with van der Waals surface area (Å²) in [5.41, 5.74) is 0.955. The molecular formula is C18H23N5O2. The monoisotopic (exact) mass is 341 g/mol. The second-order valence-electron chi connectivity index (χ2n) is 5.95. The molecule has 0 spiro atoms. The largest absolute Gasteiger partial charge is 0.496 e. The molecular weight excluding hydrogens is 318 g/mol. The van der Waals surface area contributed by atoms with E-state index in [2.05, 4.69) is 25.5 Å². The Morgan fingerprint density at radius 3 is 2.64 bits per heavy atom. The lowest BCUT2D eigenvalue weighted by Crippen LogP contribution is -2.48. The van der Waals surface area contributed by atoms with Crippen molar-refractivity contribution in [3.8, 4) is 5.75 Å². The van der Waals surface area contributed by atoms with Gasteiger partial charge in [0.2, 0.25) is 5.95 Å². The number of ether oxygens (including phenoxy) is 1. The summed E-state index contributed by atoms with van der Waals surface area (Å²) < 4.78 is 5.29. The number of piperidine rings is 1. The smallest absolute Gasteiger partial charge is 0.315 e. The summed E-state index contributed by atoms with van der Waals surface area (Å²) in [4.78, 5) is 22.8. The van der Waals surface area contributed by atoms with Gasteiger partial charge in [-0.25, -0.2) is 14.8 Å². The molecule has 3 rings (SSSR count). The van der Waals surface area contributed by atoms with E-state index in [0.717, 1.165) is 43.2 Å². The molecule has 7 nitrogen and oxygen atoms in total. The number of nitrogens with one attached hydrogen (secondary N) is 2. The number of nitrogens with zero attached hydrogens (tertiary/aromatic N) is 3. The average Bonchev–Trinajstić information content (AvgIpc) is 2.68. The van der Waals surface area contributed by atoms with E-state index in [1.807, 2.05) is 30.3 Å². The zero-order valence-electron chi connectivity index (χ0n) is 14.3. The normalized spacial score (nSPS) is 14.8. The van der Waals surface area contributed by atoms with Crippen LogP contribution in [0.5, 0.6) is 5.75 Å². The molecule has 0 aliphatic carbocycles. The summed E-state index contributed by atoms with van der Waals surface area (Å²) in [7, 11) is 1.63. The van der Waals surface area contributed by atoms with Crippen LogP contribution >= 0.6 is 0 Å². The third kappa shape index (κ3) is 4.59. The lowest BCUT2D eigenvalue weighted by atomic mass is 10.1. The van der Waals surface area contributed by atoms with Crippen LogP contribution in [0, 0.1) is 0 Å². The first-order chi connectivity index (χ1) is 12.3. The van der Waals surface area contributed by atoms with Gasteiger partial charge in [0.15, 0.2) is 0 Å². The lowest BCUT2D eigenvalue weighted by Gasteiger charge is -2.32. The number of methoxy groups -OCH3 is 1. The Labute approximate surface area is 147 Å². The summed E-state index contributed by atoms with van der Waals surface area (Å²) >= 11 is 0. The van der Waals surface area contributed by atoms with E-state index in [1.165, 1.54) is 0 Å². The highest BCUT2D eigenvalue weighted by molar-refractivity contribution is 5.74. The molecule has 2 amide bonds. The van der Waals surface area contributed by atoms with Crippen LogP contribution in [0.1, 0.15) is 18.4 Å². The third-order valence-corrected chi connectivity index (χ3v) is 4.30. The Hall–Kier alpha value is -2.83. The van der Waals surface area contributed by atoms with Crippen molar-refractivity contribution in [2.45, 2.75) is 25.4 Å². The summed E-state index contributed by atoms with van der Waals surface area (Å²) in [5.74, 6) is 1.53. The van der Waals surface area contributed by atoms with Gasteiger partial charge in [-0.15, -0.1) is 0 Å². The van der Waals surface area contributed by atoms with E-state index in [-0.39, 0.29) is 12.1 Å². The Kier molecular flexibility index (Phi) is 5.66. The highest BCUT2D eigenvalue weighted by Gasteiger charge is 2.22. The molecule has 1 aromatic carbocycles. The van der Waals surface area contributed by atoms with E-state index in [1.54, 1.807) is 19.5 Å². The molecule has 1 fully saturated rings. The standard InChI is InChI=1S/C18H23N5O2/c1-25-16-6-3-2-5-14(16)13-21-18(24)22-15-7-11-23(12-8-15)17-19-9-4-10-20-17/h2-6,9-10,15H,7-8,11-13H2,1H3,(H2,21,22,24). The minimum atomic E-state index is -0.152. The van der Waals surface area contributed by atoms with Crippen LogP contribution in [0.2, 0.25) is 0 Å².